The molecule has 0 bridgehead atoms. The molecule has 2 rings (SSSR count). The number of ether oxygens (including phenoxy) is 1. The van der Waals surface area contributed by atoms with Crippen molar-refractivity contribution in [1.82, 2.24) is 4.90 Å². The van der Waals surface area contributed by atoms with Gasteiger partial charge in [-0.25, -0.2) is 8.42 Å². The van der Waals surface area contributed by atoms with Crippen LogP contribution in [0.1, 0.15) is 25.5 Å². The summed E-state index contributed by atoms with van der Waals surface area (Å²) < 4.78 is 29.2. The highest BCUT2D eigenvalue weighted by Gasteiger charge is 2.28. The van der Waals surface area contributed by atoms with Crippen LogP contribution in [0.5, 0.6) is 0 Å². The van der Waals surface area contributed by atoms with Crippen LogP contribution in [0.4, 0.5) is 0 Å². The molecule has 0 aromatic heterocycles. The Morgan fingerprint density at radius 1 is 1.30 bits per heavy atom. The van der Waals surface area contributed by atoms with Crippen molar-refractivity contribution in [2.75, 3.05) is 31.2 Å². The summed E-state index contributed by atoms with van der Waals surface area (Å²) in [6.45, 7) is 5.70. The molecule has 5 heteroatoms. The van der Waals surface area contributed by atoms with Crippen LogP contribution in [0.15, 0.2) is 30.3 Å². The van der Waals surface area contributed by atoms with Crippen LogP contribution in [-0.2, 0) is 14.6 Å². The Kier molecular flexibility index (Phi) is 5.18. The van der Waals surface area contributed by atoms with E-state index in [1.54, 1.807) is 6.92 Å². The molecule has 0 unspecified atom stereocenters. The molecule has 1 aliphatic rings. The summed E-state index contributed by atoms with van der Waals surface area (Å²) in [4.78, 5) is 2.23. The zero-order valence-electron chi connectivity index (χ0n) is 12.2. The van der Waals surface area contributed by atoms with E-state index in [9.17, 15) is 8.42 Å². The normalized spacial score (nSPS) is 24.7. The summed E-state index contributed by atoms with van der Waals surface area (Å²) in [5, 5.41) is 0. The number of hydrogen-bond acceptors (Lipinski definition) is 4. The van der Waals surface area contributed by atoms with Crippen molar-refractivity contribution in [3.05, 3.63) is 35.9 Å². The van der Waals surface area contributed by atoms with E-state index in [1.165, 1.54) is 5.56 Å². The van der Waals surface area contributed by atoms with Gasteiger partial charge in [0.15, 0.2) is 9.84 Å². The number of sulfone groups is 1. The summed E-state index contributed by atoms with van der Waals surface area (Å²) in [5.41, 5.74) is 1.19. The first kappa shape index (κ1) is 15.5. The van der Waals surface area contributed by atoms with Gasteiger partial charge in [0.25, 0.3) is 0 Å². The summed E-state index contributed by atoms with van der Waals surface area (Å²) in [5.74, 6) is 0.433. The lowest BCUT2D eigenvalue weighted by Gasteiger charge is -2.38. The van der Waals surface area contributed by atoms with Gasteiger partial charge in [0.05, 0.1) is 24.5 Å². The highest BCUT2D eigenvalue weighted by atomic mass is 32.2. The molecular formula is C15H23NO3S. The van der Waals surface area contributed by atoms with Crippen molar-refractivity contribution in [3.8, 4) is 0 Å². The van der Waals surface area contributed by atoms with E-state index in [4.69, 9.17) is 4.74 Å². The Bertz CT molecular complexity index is 515. The van der Waals surface area contributed by atoms with Crippen molar-refractivity contribution in [2.45, 2.75) is 26.0 Å². The quantitative estimate of drug-likeness (QED) is 0.832. The number of benzene rings is 1. The van der Waals surface area contributed by atoms with Crippen LogP contribution < -0.4 is 0 Å². The summed E-state index contributed by atoms with van der Waals surface area (Å²) in [6, 6.07) is 10.3. The predicted molar refractivity (Wildman–Crippen MR) is 80.5 cm³/mol. The van der Waals surface area contributed by atoms with Gasteiger partial charge in [-0.3, -0.25) is 4.90 Å². The van der Waals surface area contributed by atoms with Gasteiger partial charge in [0.1, 0.15) is 0 Å². The van der Waals surface area contributed by atoms with Crippen LogP contribution in [0.25, 0.3) is 0 Å². The number of morpholine rings is 1. The fraction of sp³-hybridized carbons (Fsp3) is 0.600. The maximum absolute atomic E-state index is 11.7. The Labute approximate surface area is 121 Å². The first-order chi connectivity index (χ1) is 9.52. The molecule has 1 aromatic rings. The van der Waals surface area contributed by atoms with Crippen LogP contribution >= 0.6 is 0 Å². The minimum Gasteiger partial charge on any atom is -0.375 e. The smallest absolute Gasteiger partial charge is 0.151 e. The fourth-order valence-electron chi connectivity index (χ4n) is 2.50. The molecule has 0 N–H and O–H groups in total. The van der Waals surface area contributed by atoms with Gasteiger partial charge in [0, 0.05) is 18.8 Å². The van der Waals surface area contributed by atoms with E-state index in [0.29, 0.717) is 13.2 Å². The first-order valence-electron chi connectivity index (χ1n) is 7.13. The molecule has 1 aliphatic heterocycles. The first-order valence-corrected chi connectivity index (χ1v) is 8.95. The van der Waals surface area contributed by atoms with Gasteiger partial charge in [-0.05, 0) is 12.5 Å². The second-order valence-corrected chi connectivity index (χ2v) is 7.77. The van der Waals surface area contributed by atoms with Gasteiger partial charge < -0.3 is 4.74 Å². The average Bonchev–Trinajstić information content (AvgIpc) is 2.46. The van der Waals surface area contributed by atoms with Crippen LogP contribution in [0.2, 0.25) is 0 Å². The van der Waals surface area contributed by atoms with Crippen LogP contribution in [0, 0.1) is 0 Å². The minimum absolute atomic E-state index is 0.152. The van der Waals surface area contributed by atoms with Crippen molar-refractivity contribution in [3.63, 3.8) is 0 Å². The monoisotopic (exact) mass is 297 g/mol. The molecule has 0 spiro atoms. The zero-order chi connectivity index (χ0) is 14.6. The van der Waals surface area contributed by atoms with Crippen LogP contribution in [-0.4, -0.2) is 50.6 Å². The fourth-order valence-corrected chi connectivity index (χ4v) is 3.30. The van der Waals surface area contributed by atoms with E-state index < -0.39 is 9.84 Å². The highest BCUT2D eigenvalue weighted by molar-refractivity contribution is 7.91. The van der Waals surface area contributed by atoms with E-state index in [-0.39, 0.29) is 23.7 Å². The summed E-state index contributed by atoms with van der Waals surface area (Å²) in [7, 11) is -2.92. The molecule has 1 heterocycles. The molecule has 4 nitrogen and oxygen atoms in total. The maximum atomic E-state index is 11.7. The summed E-state index contributed by atoms with van der Waals surface area (Å²) in [6.07, 6.45) is 0.152. The molecule has 0 radical (unpaired) electrons. The molecule has 0 saturated carbocycles. The zero-order valence-corrected chi connectivity index (χ0v) is 13.0. The van der Waals surface area contributed by atoms with Crippen molar-refractivity contribution >= 4 is 9.84 Å². The lowest BCUT2D eigenvalue weighted by Crippen LogP contribution is -2.45. The molecule has 1 fully saturated rings. The molecule has 0 aliphatic carbocycles. The predicted octanol–water partition coefficient (Wildman–Crippen LogP) is 1.88. The Morgan fingerprint density at radius 2 is 2.00 bits per heavy atom. The van der Waals surface area contributed by atoms with Gasteiger partial charge >= 0.3 is 0 Å². The van der Waals surface area contributed by atoms with Crippen LogP contribution in [0.3, 0.4) is 0 Å². The lowest BCUT2D eigenvalue weighted by atomic mass is 10.0. The van der Waals surface area contributed by atoms with Gasteiger partial charge in [-0.15, -0.1) is 0 Å². The molecule has 2 atom stereocenters. The SMILES string of the molecule is CCS(=O)(=O)CCN1C[C@@H](C)OC[C@H]1c1ccccc1. The number of rotatable bonds is 5. The topological polar surface area (TPSA) is 46.6 Å². The second kappa shape index (κ2) is 6.70. The van der Waals surface area contributed by atoms with Crippen molar-refractivity contribution in [2.24, 2.45) is 0 Å². The molecular weight excluding hydrogens is 274 g/mol. The maximum Gasteiger partial charge on any atom is 0.151 e. The third kappa shape index (κ3) is 4.04. The van der Waals surface area contributed by atoms with E-state index >= 15 is 0 Å². The minimum atomic E-state index is -2.92. The number of hydrogen-bond donors (Lipinski definition) is 0. The molecule has 20 heavy (non-hydrogen) atoms. The van der Waals surface area contributed by atoms with E-state index in [2.05, 4.69) is 17.0 Å². The summed E-state index contributed by atoms with van der Waals surface area (Å²) >= 11 is 0. The Morgan fingerprint density at radius 3 is 2.65 bits per heavy atom. The number of nitrogens with zero attached hydrogens (tertiary/aromatic N) is 1. The lowest BCUT2D eigenvalue weighted by molar-refractivity contribution is -0.0538. The molecule has 1 saturated heterocycles. The molecule has 1 aromatic carbocycles. The third-order valence-corrected chi connectivity index (χ3v) is 5.47. The largest absolute Gasteiger partial charge is 0.375 e. The van der Waals surface area contributed by atoms with E-state index in [0.717, 1.165) is 6.54 Å². The van der Waals surface area contributed by atoms with E-state index in [1.807, 2.05) is 25.1 Å². The van der Waals surface area contributed by atoms with Crippen molar-refractivity contribution < 1.29 is 13.2 Å². The van der Waals surface area contributed by atoms with Gasteiger partial charge in [-0.1, -0.05) is 37.3 Å². The van der Waals surface area contributed by atoms with Gasteiger partial charge in [-0.2, -0.15) is 0 Å². The van der Waals surface area contributed by atoms with Gasteiger partial charge in [0.2, 0.25) is 0 Å². The molecule has 112 valence electrons. The molecule has 0 amide bonds. The standard InChI is InChI=1S/C15H23NO3S/c1-3-20(17,18)10-9-16-11-13(2)19-12-15(16)14-7-5-4-6-8-14/h4-8,13,15H,3,9-12H2,1-2H3/t13-,15+/m1/s1. The second-order valence-electron chi connectivity index (χ2n) is 5.30. The highest BCUT2D eigenvalue weighted by Crippen LogP contribution is 2.25. The Balaban J connectivity index is 2.09. The van der Waals surface area contributed by atoms with Crippen molar-refractivity contribution in [1.29, 1.82) is 0 Å². The third-order valence-electron chi connectivity index (χ3n) is 3.78. The average molecular weight is 297 g/mol. The Hall–Kier alpha value is -0.910.